The van der Waals surface area contributed by atoms with Gasteiger partial charge in [-0.05, 0) is 13.3 Å². The molecule has 6 nitrogen and oxygen atoms in total. The molecule has 3 N–H and O–H groups in total. The summed E-state index contributed by atoms with van der Waals surface area (Å²) in [6.07, 6.45) is 3.04. The maximum absolute atomic E-state index is 11.2. The van der Waals surface area contributed by atoms with Crippen molar-refractivity contribution in [3.8, 4) is 0 Å². The van der Waals surface area contributed by atoms with Crippen LogP contribution in [0.15, 0.2) is 6.20 Å². The Kier molecular flexibility index (Phi) is 4.91. The molecule has 1 unspecified atom stereocenters. The number of nitrogens with one attached hydrogen (secondary N) is 1. The average Bonchev–Trinajstić information content (AvgIpc) is 2.74. The summed E-state index contributed by atoms with van der Waals surface area (Å²) in [6, 6.07) is -0.0711. The van der Waals surface area contributed by atoms with E-state index in [-0.39, 0.29) is 11.9 Å². The summed E-state index contributed by atoms with van der Waals surface area (Å²) in [4.78, 5) is 11.2. The van der Waals surface area contributed by atoms with E-state index in [2.05, 4.69) is 15.6 Å². The van der Waals surface area contributed by atoms with Crippen LogP contribution < -0.4 is 11.1 Å². The molecule has 0 radical (unpaired) electrons. The number of nitrogens with zero attached hydrogens (tertiary/aromatic N) is 3. The van der Waals surface area contributed by atoms with E-state index in [0.717, 1.165) is 12.1 Å². The van der Waals surface area contributed by atoms with Gasteiger partial charge in [-0.3, -0.25) is 9.48 Å². The summed E-state index contributed by atoms with van der Waals surface area (Å²) in [5.41, 5.74) is 6.59. The predicted molar refractivity (Wildman–Crippen MR) is 60.5 cm³/mol. The van der Waals surface area contributed by atoms with Gasteiger partial charge in [0.1, 0.15) is 0 Å². The molecular weight excluding hydrogens is 206 g/mol. The fourth-order valence-electron chi connectivity index (χ4n) is 1.30. The molecule has 0 saturated heterocycles. The van der Waals surface area contributed by atoms with Crippen LogP contribution in [0.2, 0.25) is 0 Å². The SMILES string of the molecule is CCNC(=O)CCn1cc(C(N)CC)nn1. The fraction of sp³-hybridized carbons (Fsp3) is 0.700. The number of nitrogens with two attached hydrogens (primary N) is 1. The largest absolute Gasteiger partial charge is 0.356 e. The quantitative estimate of drug-likeness (QED) is 0.725. The number of hydrogen-bond acceptors (Lipinski definition) is 4. The molecule has 0 saturated carbocycles. The third-order valence-electron chi connectivity index (χ3n) is 2.32. The van der Waals surface area contributed by atoms with Crippen LogP contribution in [0.4, 0.5) is 0 Å². The Morgan fingerprint density at radius 2 is 2.38 bits per heavy atom. The summed E-state index contributed by atoms with van der Waals surface area (Å²) in [7, 11) is 0. The van der Waals surface area contributed by atoms with Crippen LogP contribution in [0.25, 0.3) is 0 Å². The second-order valence-corrected chi connectivity index (χ2v) is 3.62. The zero-order valence-electron chi connectivity index (χ0n) is 9.81. The van der Waals surface area contributed by atoms with Crippen LogP contribution >= 0.6 is 0 Å². The van der Waals surface area contributed by atoms with Gasteiger partial charge in [0, 0.05) is 13.0 Å². The first-order valence-electron chi connectivity index (χ1n) is 5.59. The summed E-state index contributed by atoms with van der Waals surface area (Å²) < 4.78 is 1.65. The standard InChI is InChI=1S/C10H19N5O/c1-3-8(11)9-7-15(14-13-9)6-5-10(16)12-4-2/h7-8H,3-6,11H2,1-2H3,(H,12,16). The molecule has 1 aromatic rings. The smallest absolute Gasteiger partial charge is 0.221 e. The highest BCUT2D eigenvalue weighted by molar-refractivity contribution is 5.75. The number of hydrogen-bond donors (Lipinski definition) is 2. The van der Waals surface area contributed by atoms with Crippen LogP contribution in [0.1, 0.15) is 38.4 Å². The van der Waals surface area contributed by atoms with Crippen molar-refractivity contribution in [3.05, 3.63) is 11.9 Å². The van der Waals surface area contributed by atoms with Crippen molar-refractivity contribution >= 4 is 5.91 Å². The highest BCUT2D eigenvalue weighted by atomic mass is 16.1. The lowest BCUT2D eigenvalue weighted by molar-refractivity contribution is -0.121. The van der Waals surface area contributed by atoms with E-state index in [1.165, 1.54) is 0 Å². The Morgan fingerprint density at radius 1 is 1.62 bits per heavy atom. The first-order chi connectivity index (χ1) is 7.67. The molecule has 0 bridgehead atoms. The molecule has 0 spiro atoms. The molecular formula is C10H19N5O. The van der Waals surface area contributed by atoms with Gasteiger partial charge in [-0.2, -0.15) is 0 Å². The van der Waals surface area contributed by atoms with Gasteiger partial charge in [0.2, 0.25) is 5.91 Å². The Hall–Kier alpha value is -1.43. The molecule has 0 aliphatic rings. The highest BCUT2D eigenvalue weighted by Crippen LogP contribution is 2.08. The van der Waals surface area contributed by atoms with E-state index in [4.69, 9.17) is 5.73 Å². The zero-order chi connectivity index (χ0) is 12.0. The maximum atomic E-state index is 11.2. The van der Waals surface area contributed by atoms with Crippen molar-refractivity contribution < 1.29 is 4.79 Å². The summed E-state index contributed by atoms with van der Waals surface area (Å²) >= 11 is 0. The van der Waals surface area contributed by atoms with Gasteiger partial charge in [0.15, 0.2) is 0 Å². The van der Waals surface area contributed by atoms with Gasteiger partial charge in [0.25, 0.3) is 0 Å². The van der Waals surface area contributed by atoms with Gasteiger partial charge in [0.05, 0.1) is 24.5 Å². The third kappa shape index (κ3) is 3.62. The highest BCUT2D eigenvalue weighted by Gasteiger charge is 2.08. The molecule has 1 heterocycles. The fourth-order valence-corrected chi connectivity index (χ4v) is 1.30. The molecule has 0 aliphatic carbocycles. The van der Waals surface area contributed by atoms with Crippen molar-refractivity contribution in [2.24, 2.45) is 5.73 Å². The summed E-state index contributed by atoms with van der Waals surface area (Å²) in [6.45, 7) is 5.08. The summed E-state index contributed by atoms with van der Waals surface area (Å²) in [5.74, 6) is 0.0272. The molecule has 1 amide bonds. The van der Waals surface area contributed by atoms with Gasteiger partial charge in [-0.25, -0.2) is 0 Å². The molecule has 1 aromatic heterocycles. The minimum absolute atomic E-state index is 0.0272. The van der Waals surface area contributed by atoms with Crippen LogP contribution in [-0.4, -0.2) is 27.4 Å². The van der Waals surface area contributed by atoms with E-state index < -0.39 is 0 Å². The molecule has 6 heteroatoms. The molecule has 1 rings (SSSR count). The lowest BCUT2D eigenvalue weighted by atomic mass is 10.2. The Balaban J connectivity index is 2.43. The number of aryl methyl sites for hydroxylation is 1. The lowest BCUT2D eigenvalue weighted by Gasteiger charge is -2.02. The van der Waals surface area contributed by atoms with Crippen molar-refractivity contribution in [3.63, 3.8) is 0 Å². The summed E-state index contributed by atoms with van der Waals surface area (Å²) in [5, 5.41) is 10.6. The van der Waals surface area contributed by atoms with Gasteiger partial charge in [-0.1, -0.05) is 12.1 Å². The minimum atomic E-state index is -0.0711. The first kappa shape index (κ1) is 12.6. The second kappa shape index (κ2) is 6.22. The van der Waals surface area contributed by atoms with E-state index in [1.807, 2.05) is 13.8 Å². The van der Waals surface area contributed by atoms with E-state index >= 15 is 0 Å². The van der Waals surface area contributed by atoms with E-state index in [0.29, 0.717) is 19.5 Å². The van der Waals surface area contributed by atoms with Crippen LogP contribution in [0, 0.1) is 0 Å². The van der Waals surface area contributed by atoms with E-state index in [1.54, 1.807) is 10.9 Å². The molecule has 90 valence electrons. The molecule has 0 aromatic carbocycles. The minimum Gasteiger partial charge on any atom is -0.356 e. The van der Waals surface area contributed by atoms with Gasteiger partial charge >= 0.3 is 0 Å². The molecule has 16 heavy (non-hydrogen) atoms. The van der Waals surface area contributed by atoms with Crippen LogP contribution in [-0.2, 0) is 11.3 Å². The zero-order valence-corrected chi connectivity index (χ0v) is 9.81. The topological polar surface area (TPSA) is 85.8 Å². The molecule has 0 aliphatic heterocycles. The second-order valence-electron chi connectivity index (χ2n) is 3.62. The third-order valence-corrected chi connectivity index (χ3v) is 2.32. The number of carbonyl (C=O) groups excluding carboxylic acids is 1. The Bertz CT molecular complexity index is 336. The molecule has 1 atom stereocenters. The van der Waals surface area contributed by atoms with Crippen LogP contribution in [0.5, 0.6) is 0 Å². The van der Waals surface area contributed by atoms with Crippen molar-refractivity contribution in [1.29, 1.82) is 0 Å². The monoisotopic (exact) mass is 225 g/mol. The van der Waals surface area contributed by atoms with Crippen molar-refractivity contribution in [1.82, 2.24) is 20.3 Å². The van der Waals surface area contributed by atoms with Crippen molar-refractivity contribution in [2.45, 2.75) is 39.3 Å². The number of rotatable bonds is 6. The number of carbonyl (C=O) groups is 1. The van der Waals surface area contributed by atoms with Gasteiger partial charge in [-0.15, -0.1) is 5.10 Å². The number of amides is 1. The lowest BCUT2D eigenvalue weighted by Crippen LogP contribution is -2.23. The Labute approximate surface area is 95.2 Å². The normalized spacial score (nSPS) is 12.4. The predicted octanol–water partition coefficient (Wildman–Crippen LogP) is 0.214. The van der Waals surface area contributed by atoms with Gasteiger partial charge < -0.3 is 11.1 Å². The maximum Gasteiger partial charge on any atom is 0.221 e. The van der Waals surface area contributed by atoms with Crippen molar-refractivity contribution in [2.75, 3.05) is 6.54 Å². The number of aromatic nitrogens is 3. The first-order valence-corrected chi connectivity index (χ1v) is 5.59. The average molecular weight is 225 g/mol. The van der Waals surface area contributed by atoms with E-state index in [9.17, 15) is 4.79 Å². The Morgan fingerprint density at radius 3 is 3.00 bits per heavy atom. The van der Waals surface area contributed by atoms with Crippen LogP contribution in [0.3, 0.4) is 0 Å². The molecule has 0 fully saturated rings.